The molecule has 1 unspecified atom stereocenters. The number of carboxylic acids is 1. The quantitative estimate of drug-likeness (QED) is 0.837. The molecule has 21 heavy (non-hydrogen) atoms. The zero-order valence-electron chi connectivity index (χ0n) is 12.4. The molecular formula is C15H20N2O4. The molecular weight excluding hydrogens is 272 g/mol. The number of nitrogens with one attached hydrogen (secondary N) is 1. The number of rotatable bonds is 6. The van der Waals surface area contributed by atoms with Crippen LogP contribution in [0.2, 0.25) is 0 Å². The highest BCUT2D eigenvalue weighted by Crippen LogP contribution is 2.13. The predicted octanol–water partition coefficient (Wildman–Crippen LogP) is 1.83. The van der Waals surface area contributed by atoms with E-state index in [-0.39, 0.29) is 30.6 Å². The van der Waals surface area contributed by atoms with Crippen LogP contribution in [0.1, 0.15) is 30.1 Å². The molecule has 1 rings (SSSR count). The molecule has 0 radical (unpaired) electrons. The van der Waals surface area contributed by atoms with Crippen LogP contribution in [-0.2, 0) is 9.59 Å². The van der Waals surface area contributed by atoms with Crippen LogP contribution in [0, 0.1) is 5.92 Å². The van der Waals surface area contributed by atoms with Gasteiger partial charge >= 0.3 is 5.97 Å². The fraction of sp³-hybridized carbons (Fsp3) is 0.400. The van der Waals surface area contributed by atoms with E-state index in [0.29, 0.717) is 11.3 Å². The molecule has 0 aromatic heterocycles. The van der Waals surface area contributed by atoms with Crippen molar-refractivity contribution >= 4 is 23.5 Å². The Kier molecular flexibility index (Phi) is 5.90. The molecule has 0 saturated heterocycles. The topological polar surface area (TPSA) is 86.7 Å². The Labute approximate surface area is 123 Å². The second-order valence-corrected chi connectivity index (χ2v) is 5.23. The zero-order valence-corrected chi connectivity index (χ0v) is 12.4. The third-order valence-electron chi connectivity index (χ3n) is 2.88. The molecule has 0 aliphatic heterocycles. The molecule has 1 aromatic rings. The van der Waals surface area contributed by atoms with Gasteiger partial charge in [0.2, 0.25) is 5.91 Å². The van der Waals surface area contributed by atoms with Gasteiger partial charge in [0.15, 0.2) is 0 Å². The summed E-state index contributed by atoms with van der Waals surface area (Å²) in [5.74, 6) is -1.49. The molecule has 2 amide bonds. The number of aliphatic carboxylic acids is 1. The van der Waals surface area contributed by atoms with Gasteiger partial charge in [-0.25, -0.2) is 0 Å². The van der Waals surface area contributed by atoms with Gasteiger partial charge in [-0.3, -0.25) is 14.4 Å². The first-order valence-corrected chi connectivity index (χ1v) is 6.63. The van der Waals surface area contributed by atoms with Crippen molar-refractivity contribution in [2.24, 2.45) is 5.92 Å². The van der Waals surface area contributed by atoms with E-state index >= 15 is 0 Å². The second-order valence-electron chi connectivity index (χ2n) is 5.23. The molecule has 1 atom stereocenters. The van der Waals surface area contributed by atoms with Crippen molar-refractivity contribution in [3.05, 3.63) is 29.8 Å². The molecule has 6 nitrogen and oxygen atoms in total. The molecule has 0 heterocycles. The van der Waals surface area contributed by atoms with Crippen LogP contribution in [0.4, 0.5) is 5.69 Å². The lowest BCUT2D eigenvalue weighted by molar-refractivity contribution is -0.138. The molecule has 2 N–H and O–H groups in total. The molecule has 0 fully saturated rings. The number of nitrogens with zero attached hydrogens (tertiary/aromatic N) is 1. The van der Waals surface area contributed by atoms with Crippen molar-refractivity contribution in [3.63, 3.8) is 0 Å². The van der Waals surface area contributed by atoms with Crippen molar-refractivity contribution in [3.8, 4) is 0 Å². The van der Waals surface area contributed by atoms with Gasteiger partial charge in [-0.2, -0.15) is 0 Å². The van der Waals surface area contributed by atoms with Crippen LogP contribution >= 0.6 is 0 Å². The SMILES string of the molecule is CC(CC(=O)O)CC(=O)Nc1ccc(C(=O)N(C)C)cc1. The number of carboxylic acid groups (broad SMARTS) is 1. The molecule has 0 bridgehead atoms. The number of amides is 2. The summed E-state index contributed by atoms with van der Waals surface area (Å²) in [5, 5.41) is 11.3. The maximum Gasteiger partial charge on any atom is 0.303 e. The van der Waals surface area contributed by atoms with Crippen LogP contribution in [0.5, 0.6) is 0 Å². The van der Waals surface area contributed by atoms with Gasteiger partial charge in [0.1, 0.15) is 0 Å². The lowest BCUT2D eigenvalue weighted by atomic mass is 10.0. The summed E-state index contributed by atoms with van der Waals surface area (Å²) >= 11 is 0. The lowest BCUT2D eigenvalue weighted by Gasteiger charge is -2.12. The molecule has 6 heteroatoms. The summed E-state index contributed by atoms with van der Waals surface area (Å²) in [5.41, 5.74) is 1.12. The van der Waals surface area contributed by atoms with Gasteiger partial charge in [0, 0.05) is 38.2 Å². The van der Waals surface area contributed by atoms with Crippen molar-refractivity contribution in [1.82, 2.24) is 4.90 Å². The van der Waals surface area contributed by atoms with Crippen LogP contribution in [-0.4, -0.2) is 41.9 Å². The highest BCUT2D eigenvalue weighted by Gasteiger charge is 2.13. The molecule has 0 spiro atoms. The summed E-state index contributed by atoms with van der Waals surface area (Å²) in [6.45, 7) is 1.71. The Bertz CT molecular complexity index is 523. The van der Waals surface area contributed by atoms with Crippen LogP contribution < -0.4 is 5.32 Å². The number of hydrogen-bond acceptors (Lipinski definition) is 3. The standard InChI is InChI=1S/C15H20N2O4/c1-10(9-14(19)20)8-13(18)16-12-6-4-11(5-7-12)15(21)17(2)3/h4-7,10H,8-9H2,1-3H3,(H,16,18)(H,19,20). The Morgan fingerprint density at radius 3 is 2.19 bits per heavy atom. The van der Waals surface area contributed by atoms with E-state index < -0.39 is 5.97 Å². The van der Waals surface area contributed by atoms with Crippen LogP contribution in [0.3, 0.4) is 0 Å². The summed E-state index contributed by atoms with van der Waals surface area (Å²) in [6, 6.07) is 6.57. The predicted molar refractivity (Wildman–Crippen MR) is 79.1 cm³/mol. The van der Waals surface area contributed by atoms with E-state index in [1.165, 1.54) is 4.90 Å². The monoisotopic (exact) mass is 292 g/mol. The third-order valence-corrected chi connectivity index (χ3v) is 2.88. The highest BCUT2D eigenvalue weighted by atomic mass is 16.4. The Morgan fingerprint density at radius 2 is 1.71 bits per heavy atom. The van der Waals surface area contributed by atoms with Crippen molar-refractivity contribution in [1.29, 1.82) is 0 Å². The number of carbonyl (C=O) groups is 3. The van der Waals surface area contributed by atoms with E-state index in [1.807, 2.05) is 0 Å². The zero-order chi connectivity index (χ0) is 16.0. The number of hydrogen-bond donors (Lipinski definition) is 2. The van der Waals surface area contributed by atoms with Gasteiger partial charge in [0.25, 0.3) is 5.91 Å². The summed E-state index contributed by atoms with van der Waals surface area (Å²) in [6.07, 6.45) is 0.106. The van der Waals surface area contributed by atoms with Crippen molar-refractivity contribution < 1.29 is 19.5 Å². The minimum absolute atomic E-state index is 0.0380. The van der Waals surface area contributed by atoms with E-state index in [0.717, 1.165) is 0 Å². The molecule has 0 aliphatic carbocycles. The van der Waals surface area contributed by atoms with Crippen LogP contribution in [0.25, 0.3) is 0 Å². The lowest BCUT2D eigenvalue weighted by Crippen LogP contribution is -2.21. The van der Waals surface area contributed by atoms with E-state index in [1.54, 1.807) is 45.3 Å². The van der Waals surface area contributed by atoms with E-state index in [2.05, 4.69) is 5.32 Å². The first-order valence-electron chi connectivity index (χ1n) is 6.63. The number of anilines is 1. The van der Waals surface area contributed by atoms with Gasteiger partial charge in [0.05, 0.1) is 0 Å². The fourth-order valence-electron chi connectivity index (χ4n) is 1.85. The van der Waals surface area contributed by atoms with Crippen LogP contribution in [0.15, 0.2) is 24.3 Å². The van der Waals surface area contributed by atoms with Crippen molar-refractivity contribution in [2.45, 2.75) is 19.8 Å². The third kappa shape index (κ3) is 5.64. The van der Waals surface area contributed by atoms with Crippen molar-refractivity contribution in [2.75, 3.05) is 19.4 Å². The normalized spacial score (nSPS) is 11.6. The summed E-state index contributed by atoms with van der Waals surface area (Å²) < 4.78 is 0. The second kappa shape index (κ2) is 7.42. The molecule has 1 aromatic carbocycles. The molecule has 114 valence electrons. The number of carbonyl (C=O) groups excluding carboxylic acids is 2. The summed E-state index contributed by atoms with van der Waals surface area (Å²) in [4.78, 5) is 35.5. The largest absolute Gasteiger partial charge is 0.481 e. The first kappa shape index (κ1) is 16.7. The van der Waals surface area contributed by atoms with E-state index in [9.17, 15) is 14.4 Å². The van der Waals surface area contributed by atoms with Gasteiger partial charge in [-0.15, -0.1) is 0 Å². The Hall–Kier alpha value is -2.37. The smallest absolute Gasteiger partial charge is 0.303 e. The Balaban J connectivity index is 2.57. The molecule has 0 saturated carbocycles. The first-order chi connectivity index (χ1) is 9.79. The molecule has 0 aliphatic rings. The maximum absolute atomic E-state index is 11.8. The minimum Gasteiger partial charge on any atom is -0.481 e. The summed E-state index contributed by atoms with van der Waals surface area (Å²) in [7, 11) is 3.34. The average molecular weight is 292 g/mol. The minimum atomic E-state index is -0.915. The number of benzene rings is 1. The van der Waals surface area contributed by atoms with Gasteiger partial charge in [-0.1, -0.05) is 6.92 Å². The Morgan fingerprint density at radius 1 is 1.14 bits per heavy atom. The maximum atomic E-state index is 11.8. The highest BCUT2D eigenvalue weighted by molar-refractivity contribution is 5.95. The van der Waals surface area contributed by atoms with E-state index in [4.69, 9.17) is 5.11 Å². The fourth-order valence-corrected chi connectivity index (χ4v) is 1.85. The van der Waals surface area contributed by atoms with Gasteiger partial charge < -0.3 is 15.3 Å². The average Bonchev–Trinajstić information content (AvgIpc) is 2.37. The van der Waals surface area contributed by atoms with Gasteiger partial charge in [-0.05, 0) is 30.2 Å².